The minimum absolute atomic E-state index is 0.220. The van der Waals surface area contributed by atoms with Gasteiger partial charge in [0.1, 0.15) is 5.75 Å². The van der Waals surface area contributed by atoms with Crippen LogP contribution in [0.1, 0.15) is 44.4 Å². The number of benzene rings is 1. The van der Waals surface area contributed by atoms with Gasteiger partial charge in [0.25, 0.3) is 0 Å². The number of hydrogen-bond donors (Lipinski definition) is 1. The molecular formula is C15H22N2O. The molecule has 18 heavy (non-hydrogen) atoms. The minimum atomic E-state index is 0.220. The number of aliphatic imine (C=N–C) groups is 2. The molecule has 0 heterocycles. The van der Waals surface area contributed by atoms with Gasteiger partial charge in [0.05, 0.1) is 0 Å². The van der Waals surface area contributed by atoms with Crippen LogP contribution in [-0.2, 0) is 0 Å². The van der Waals surface area contributed by atoms with Crippen LogP contribution in [0.5, 0.6) is 5.75 Å². The highest BCUT2D eigenvalue weighted by Crippen LogP contribution is 2.22. The Kier molecular flexibility index (Phi) is 5.08. The van der Waals surface area contributed by atoms with Crippen molar-refractivity contribution in [1.82, 2.24) is 0 Å². The number of phenolic OH excluding ortho intramolecular Hbond substituents is 1. The smallest absolute Gasteiger partial charge is 0.133 e. The third-order valence-electron chi connectivity index (χ3n) is 2.34. The molecule has 1 aromatic rings. The first-order chi connectivity index (χ1) is 8.40. The van der Waals surface area contributed by atoms with Gasteiger partial charge in [-0.3, -0.25) is 9.98 Å². The standard InChI is InChI=1S/C15H22N2O/c1-10(2)16-8-13-6-12(5)7-14(15(13)18)9-17-11(3)4/h6-11,18H,1-5H3. The van der Waals surface area contributed by atoms with Crippen LogP contribution in [-0.4, -0.2) is 29.6 Å². The first kappa shape index (κ1) is 14.4. The van der Waals surface area contributed by atoms with E-state index >= 15 is 0 Å². The quantitative estimate of drug-likeness (QED) is 0.813. The molecule has 0 amide bonds. The summed E-state index contributed by atoms with van der Waals surface area (Å²) in [5, 5.41) is 10.2. The van der Waals surface area contributed by atoms with Gasteiger partial charge in [-0.15, -0.1) is 0 Å². The van der Waals surface area contributed by atoms with E-state index in [1.54, 1.807) is 12.4 Å². The molecule has 98 valence electrons. The van der Waals surface area contributed by atoms with Crippen molar-refractivity contribution in [3.63, 3.8) is 0 Å². The third-order valence-corrected chi connectivity index (χ3v) is 2.34. The Morgan fingerprint density at radius 1 is 0.944 bits per heavy atom. The molecule has 0 fully saturated rings. The molecule has 0 bridgehead atoms. The second kappa shape index (κ2) is 6.34. The van der Waals surface area contributed by atoms with Crippen LogP contribution < -0.4 is 0 Å². The van der Waals surface area contributed by atoms with Crippen LogP contribution in [0, 0.1) is 6.92 Å². The van der Waals surface area contributed by atoms with Crippen LogP contribution in [0.25, 0.3) is 0 Å². The number of aryl methyl sites for hydroxylation is 1. The third kappa shape index (κ3) is 4.32. The minimum Gasteiger partial charge on any atom is -0.507 e. The predicted molar refractivity (Wildman–Crippen MR) is 78.3 cm³/mol. The normalized spacial score (nSPS) is 12.4. The molecule has 3 nitrogen and oxygen atoms in total. The zero-order valence-corrected chi connectivity index (χ0v) is 11.8. The molecule has 1 rings (SSSR count). The Labute approximate surface area is 109 Å². The lowest BCUT2D eigenvalue weighted by Crippen LogP contribution is -1.96. The average Bonchev–Trinajstić information content (AvgIpc) is 2.27. The Balaban J connectivity index is 3.14. The molecule has 1 aromatic carbocycles. The zero-order chi connectivity index (χ0) is 13.7. The van der Waals surface area contributed by atoms with Crippen molar-refractivity contribution in [2.45, 2.75) is 46.7 Å². The van der Waals surface area contributed by atoms with Crippen molar-refractivity contribution in [3.8, 4) is 5.75 Å². The summed E-state index contributed by atoms with van der Waals surface area (Å²) in [5.41, 5.74) is 2.58. The summed E-state index contributed by atoms with van der Waals surface area (Å²) in [4.78, 5) is 8.61. The summed E-state index contributed by atoms with van der Waals surface area (Å²) in [7, 11) is 0. The van der Waals surface area contributed by atoms with Crippen LogP contribution in [0.4, 0.5) is 0 Å². The predicted octanol–water partition coefficient (Wildman–Crippen LogP) is 3.36. The van der Waals surface area contributed by atoms with E-state index in [9.17, 15) is 5.11 Å². The van der Waals surface area contributed by atoms with E-state index in [-0.39, 0.29) is 17.8 Å². The molecule has 0 aliphatic heterocycles. The first-order valence-electron chi connectivity index (χ1n) is 6.30. The van der Waals surface area contributed by atoms with Gasteiger partial charge in [0.15, 0.2) is 0 Å². The summed E-state index contributed by atoms with van der Waals surface area (Å²) in [6.45, 7) is 10.0. The second-order valence-corrected chi connectivity index (χ2v) is 5.04. The lowest BCUT2D eigenvalue weighted by molar-refractivity contribution is 0.473. The second-order valence-electron chi connectivity index (χ2n) is 5.04. The van der Waals surface area contributed by atoms with Crippen LogP contribution >= 0.6 is 0 Å². The van der Waals surface area contributed by atoms with Gasteiger partial charge in [0, 0.05) is 35.6 Å². The number of hydrogen-bond acceptors (Lipinski definition) is 3. The molecule has 0 radical (unpaired) electrons. The SMILES string of the molecule is Cc1cc(C=NC(C)C)c(O)c(C=NC(C)C)c1. The molecular weight excluding hydrogens is 224 g/mol. The topological polar surface area (TPSA) is 45.0 Å². The highest BCUT2D eigenvalue weighted by atomic mass is 16.3. The van der Waals surface area contributed by atoms with Crippen LogP contribution in [0.15, 0.2) is 22.1 Å². The molecule has 0 aliphatic rings. The molecule has 0 unspecified atom stereocenters. The van der Waals surface area contributed by atoms with Crippen LogP contribution in [0.3, 0.4) is 0 Å². The van der Waals surface area contributed by atoms with Crippen molar-refractivity contribution in [2.24, 2.45) is 9.98 Å². The highest BCUT2D eigenvalue weighted by Gasteiger charge is 2.05. The zero-order valence-electron chi connectivity index (χ0n) is 11.8. The van der Waals surface area contributed by atoms with Crippen molar-refractivity contribution >= 4 is 12.4 Å². The summed E-state index contributed by atoms with van der Waals surface area (Å²) >= 11 is 0. The summed E-state index contributed by atoms with van der Waals surface area (Å²) in [5.74, 6) is 0.245. The van der Waals surface area contributed by atoms with Crippen molar-refractivity contribution in [3.05, 3.63) is 28.8 Å². The summed E-state index contributed by atoms with van der Waals surface area (Å²) < 4.78 is 0. The van der Waals surface area contributed by atoms with Crippen molar-refractivity contribution < 1.29 is 5.11 Å². The maximum Gasteiger partial charge on any atom is 0.133 e. The van der Waals surface area contributed by atoms with Crippen LogP contribution in [0.2, 0.25) is 0 Å². The molecule has 0 aliphatic carbocycles. The van der Waals surface area contributed by atoms with Gasteiger partial charge in [-0.1, -0.05) is 0 Å². The average molecular weight is 246 g/mol. The van der Waals surface area contributed by atoms with E-state index in [0.717, 1.165) is 16.7 Å². The lowest BCUT2D eigenvalue weighted by atomic mass is 10.1. The van der Waals surface area contributed by atoms with Gasteiger partial charge < -0.3 is 5.11 Å². The van der Waals surface area contributed by atoms with Gasteiger partial charge in [-0.05, 0) is 52.3 Å². The first-order valence-corrected chi connectivity index (χ1v) is 6.30. The van der Waals surface area contributed by atoms with Gasteiger partial charge in [-0.2, -0.15) is 0 Å². The van der Waals surface area contributed by atoms with E-state index in [4.69, 9.17) is 0 Å². The molecule has 0 atom stereocenters. The molecule has 1 N–H and O–H groups in total. The van der Waals surface area contributed by atoms with Gasteiger partial charge >= 0.3 is 0 Å². The van der Waals surface area contributed by atoms with Crippen molar-refractivity contribution in [2.75, 3.05) is 0 Å². The fraction of sp³-hybridized carbons (Fsp3) is 0.467. The molecule has 3 heteroatoms. The van der Waals surface area contributed by atoms with E-state index in [2.05, 4.69) is 9.98 Å². The number of phenols is 1. The highest BCUT2D eigenvalue weighted by molar-refractivity contribution is 5.92. The van der Waals surface area contributed by atoms with E-state index in [0.29, 0.717) is 0 Å². The number of aromatic hydroxyl groups is 1. The Morgan fingerprint density at radius 3 is 1.67 bits per heavy atom. The number of nitrogens with zero attached hydrogens (tertiary/aromatic N) is 2. The molecule has 0 saturated heterocycles. The fourth-order valence-corrected chi connectivity index (χ4v) is 1.49. The van der Waals surface area contributed by atoms with Crippen molar-refractivity contribution in [1.29, 1.82) is 0 Å². The summed E-state index contributed by atoms with van der Waals surface area (Å²) in [6, 6.07) is 4.29. The maximum absolute atomic E-state index is 10.2. The molecule has 0 spiro atoms. The Bertz CT molecular complexity index is 421. The summed E-state index contributed by atoms with van der Waals surface area (Å²) in [6.07, 6.45) is 3.44. The van der Waals surface area contributed by atoms with E-state index in [1.165, 1.54) is 0 Å². The largest absolute Gasteiger partial charge is 0.507 e. The maximum atomic E-state index is 10.2. The monoisotopic (exact) mass is 246 g/mol. The van der Waals surface area contributed by atoms with E-state index < -0.39 is 0 Å². The molecule has 0 aromatic heterocycles. The van der Waals surface area contributed by atoms with E-state index in [1.807, 2.05) is 46.8 Å². The fourth-order valence-electron chi connectivity index (χ4n) is 1.49. The Morgan fingerprint density at radius 2 is 1.33 bits per heavy atom. The van der Waals surface area contributed by atoms with Gasteiger partial charge in [-0.25, -0.2) is 0 Å². The lowest BCUT2D eigenvalue weighted by Gasteiger charge is -2.06. The number of rotatable bonds is 4. The van der Waals surface area contributed by atoms with Gasteiger partial charge in [0.2, 0.25) is 0 Å². The molecule has 0 saturated carbocycles. The Hall–Kier alpha value is -1.64.